The van der Waals surface area contributed by atoms with Gasteiger partial charge in [-0.25, -0.2) is 0 Å². The minimum absolute atomic E-state index is 0.113. The Morgan fingerprint density at radius 2 is 0.647 bits per heavy atom. The number of hydrogen-bond acceptors (Lipinski definition) is 6. The molecule has 0 aliphatic rings. The second kappa shape index (κ2) is 22.4. The van der Waals surface area contributed by atoms with E-state index in [1.165, 1.54) is 64.2 Å². The van der Waals surface area contributed by atoms with Crippen LogP contribution < -0.4 is 0 Å². The van der Waals surface area contributed by atoms with Gasteiger partial charge >= 0.3 is 17.6 Å². The van der Waals surface area contributed by atoms with Gasteiger partial charge in [0.2, 0.25) is 0 Å². The van der Waals surface area contributed by atoms with E-state index in [1.807, 2.05) is 41.5 Å². The summed E-state index contributed by atoms with van der Waals surface area (Å²) < 4.78 is 38.1. The van der Waals surface area contributed by atoms with Crippen LogP contribution in [0.1, 0.15) is 126 Å². The highest BCUT2D eigenvalue weighted by atomic mass is 28.5. The Hall–Kier alpha value is 0.194. The summed E-state index contributed by atoms with van der Waals surface area (Å²) in [5.74, 6) is 0. The Kier molecular flexibility index (Phi) is 22.5. The second-order valence-electron chi connectivity index (χ2n) is 8.68. The Labute approximate surface area is 214 Å². The van der Waals surface area contributed by atoms with Crippen molar-refractivity contribution in [3.05, 3.63) is 0 Å². The average molecular weight is 523 g/mol. The molecule has 0 aliphatic heterocycles. The van der Waals surface area contributed by atoms with Gasteiger partial charge in [-0.1, -0.05) is 77.6 Å². The fraction of sp³-hybridized carbons (Fsp3) is 1.00. The molecule has 0 aromatic carbocycles. The van der Waals surface area contributed by atoms with Crippen molar-refractivity contribution in [3.63, 3.8) is 0 Å². The monoisotopic (exact) mass is 522 g/mol. The first kappa shape index (κ1) is 34.2. The van der Waals surface area contributed by atoms with Gasteiger partial charge < -0.3 is 26.6 Å². The van der Waals surface area contributed by atoms with E-state index in [2.05, 4.69) is 6.92 Å². The summed E-state index contributed by atoms with van der Waals surface area (Å²) in [6.45, 7) is 17.5. The van der Waals surface area contributed by atoms with Gasteiger partial charge in [0.1, 0.15) is 0 Å². The van der Waals surface area contributed by atoms with Crippen molar-refractivity contribution in [1.29, 1.82) is 0 Å². The van der Waals surface area contributed by atoms with Gasteiger partial charge in [-0.2, -0.15) is 0 Å². The Balaban J connectivity index is 5.27. The van der Waals surface area contributed by atoms with Gasteiger partial charge in [0.25, 0.3) is 0 Å². The molecule has 0 aliphatic carbocycles. The number of hydrogen-bond donors (Lipinski definition) is 0. The SMILES string of the molecule is CCCCCCCCCCCCCC([Si](OCC)(OCC)OCC)[Si](OCC)(OCC)OCC. The maximum atomic E-state index is 6.36. The van der Waals surface area contributed by atoms with Crippen LogP contribution in [0.4, 0.5) is 0 Å². The lowest BCUT2D eigenvalue weighted by Crippen LogP contribution is -2.64. The molecular weight excluding hydrogens is 464 g/mol. The van der Waals surface area contributed by atoms with E-state index in [0.29, 0.717) is 39.6 Å². The van der Waals surface area contributed by atoms with Crippen molar-refractivity contribution in [3.8, 4) is 0 Å². The summed E-state index contributed by atoms with van der Waals surface area (Å²) in [4.78, 5) is 0. The Morgan fingerprint density at radius 1 is 0.382 bits per heavy atom. The van der Waals surface area contributed by atoms with Gasteiger partial charge in [-0.15, -0.1) is 0 Å². The summed E-state index contributed by atoms with van der Waals surface area (Å²) in [5.41, 5.74) is 0. The quantitative estimate of drug-likeness (QED) is 0.0857. The van der Waals surface area contributed by atoms with Crippen LogP contribution in [-0.2, 0) is 26.6 Å². The van der Waals surface area contributed by atoms with Crippen LogP contribution in [-0.4, -0.2) is 57.3 Å². The van der Waals surface area contributed by atoms with Gasteiger partial charge in [0, 0.05) is 39.6 Å². The van der Waals surface area contributed by atoms with E-state index in [4.69, 9.17) is 26.6 Å². The zero-order valence-electron chi connectivity index (χ0n) is 23.8. The fourth-order valence-corrected chi connectivity index (χ4v) is 13.1. The third kappa shape index (κ3) is 12.9. The van der Waals surface area contributed by atoms with Crippen LogP contribution >= 0.6 is 0 Å². The molecule has 0 spiro atoms. The van der Waals surface area contributed by atoms with E-state index in [-0.39, 0.29) is 5.16 Å². The van der Waals surface area contributed by atoms with E-state index in [0.717, 1.165) is 12.8 Å². The minimum Gasteiger partial charge on any atom is -0.374 e. The van der Waals surface area contributed by atoms with Gasteiger partial charge in [0.15, 0.2) is 0 Å². The Bertz CT molecular complexity index is 381. The van der Waals surface area contributed by atoms with Crippen molar-refractivity contribution in [2.75, 3.05) is 39.6 Å². The molecule has 0 amide bonds. The molecule has 0 rings (SSSR count). The minimum atomic E-state index is -3.08. The standard InChI is InChI=1S/C26H58O6Si2/c1-8-15-16-17-18-19-20-21-22-23-24-25-26(33(27-9-2,28-10-3)29-11-4)34(30-12-5,31-13-6)32-14-7/h26H,8-25H2,1-7H3. The van der Waals surface area contributed by atoms with E-state index >= 15 is 0 Å². The molecule has 8 heteroatoms. The zero-order valence-corrected chi connectivity index (χ0v) is 25.8. The lowest BCUT2D eigenvalue weighted by Gasteiger charge is -2.42. The molecule has 0 fully saturated rings. The van der Waals surface area contributed by atoms with Crippen molar-refractivity contribution >= 4 is 17.6 Å². The number of rotatable bonds is 26. The predicted octanol–water partition coefficient (Wildman–Crippen LogP) is 7.69. The molecule has 0 atom stereocenters. The molecule has 206 valence electrons. The van der Waals surface area contributed by atoms with Crippen molar-refractivity contribution in [2.45, 2.75) is 131 Å². The Morgan fingerprint density at radius 3 is 0.912 bits per heavy atom. The normalized spacial score (nSPS) is 12.7. The molecule has 34 heavy (non-hydrogen) atoms. The highest BCUT2D eigenvalue weighted by molar-refractivity contribution is 6.82. The van der Waals surface area contributed by atoms with Crippen LogP contribution in [0.15, 0.2) is 0 Å². The van der Waals surface area contributed by atoms with Gasteiger partial charge in [-0.05, 0) is 48.0 Å². The predicted molar refractivity (Wildman–Crippen MR) is 146 cm³/mol. The van der Waals surface area contributed by atoms with Crippen LogP contribution in [0.25, 0.3) is 0 Å². The molecule has 0 N–H and O–H groups in total. The first-order valence-electron chi connectivity index (χ1n) is 14.4. The smallest absolute Gasteiger partial charge is 0.374 e. The molecule has 0 saturated heterocycles. The second-order valence-corrected chi connectivity index (χ2v) is 14.8. The highest BCUT2D eigenvalue weighted by Gasteiger charge is 2.65. The lowest BCUT2D eigenvalue weighted by molar-refractivity contribution is 0.0310. The van der Waals surface area contributed by atoms with Crippen molar-refractivity contribution in [1.82, 2.24) is 0 Å². The van der Waals surface area contributed by atoms with E-state index in [1.54, 1.807) is 0 Å². The summed E-state index contributed by atoms with van der Waals surface area (Å²) in [5, 5.41) is -0.113. The van der Waals surface area contributed by atoms with Gasteiger partial charge in [-0.3, -0.25) is 0 Å². The third-order valence-corrected chi connectivity index (χ3v) is 14.6. The average Bonchev–Trinajstić information content (AvgIpc) is 2.80. The van der Waals surface area contributed by atoms with Crippen molar-refractivity contribution < 1.29 is 26.6 Å². The molecule has 0 radical (unpaired) electrons. The summed E-state index contributed by atoms with van der Waals surface area (Å²) in [7, 11) is -6.17. The molecule has 0 bridgehead atoms. The first-order valence-corrected chi connectivity index (χ1v) is 18.0. The highest BCUT2D eigenvalue weighted by Crippen LogP contribution is 2.41. The first-order chi connectivity index (χ1) is 16.6. The fourth-order valence-electron chi connectivity index (χ4n) is 4.64. The topological polar surface area (TPSA) is 55.4 Å². The van der Waals surface area contributed by atoms with E-state index < -0.39 is 17.6 Å². The maximum absolute atomic E-state index is 6.36. The molecule has 0 aromatic heterocycles. The third-order valence-electron chi connectivity index (χ3n) is 6.02. The molecule has 6 nitrogen and oxygen atoms in total. The molecule has 0 saturated carbocycles. The summed E-state index contributed by atoms with van der Waals surface area (Å²) >= 11 is 0. The largest absolute Gasteiger partial charge is 0.508 e. The maximum Gasteiger partial charge on any atom is 0.508 e. The van der Waals surface area contributed by atoms with Crippen molar-refractivity contribution in [2.24, 2.45) is 0 Å². The molecule has 0 heterocycles. The van der Waals surface area contributed by atoms with Crippen LogP contribution in [0, 0.1) is 0 Å². The zero-order chi connectivity index (χ0) is 25.5. The molecule has 0 unspecified atom stereocenters. The molecular formula is C26H58O6Si2. The van der Waals surface area contributed by atoms with Crippen LogP contribution in [0.2, 0.25) is 5.16 Å². The number of unbranched alkanes of at least 4 members (excludes halogenated alkanes) is 10. The van der Waals surface area contributed by atoms with E-state index in [9.17, 15) is 0 Å². The molecule has 0 aromatic rings. The lowest BCUT2D eigenvalue weighted by atomic mass is 10.1. The summed E-state index contributed by atoms with van der Waals surface area (Å²) in [6.07, 6.45) is 15.3. The summed E-state index contributed by atoms with van der Waals surface area (Å²) in [6, 6.07) is 0. The van der Waals surface area contributed by atoms with Crippen LogP contribution in [0.3, 0.4) is 0 Å². The van der Waals surface area contributed by atoms with Gasteiger partial charge in [0.05, 0.1) is 5.16 Å². The van der Waals surface area contributed by atoms with Crippen LogP contribution in [0.5, 0.6) is 0 Å².